The van der Waals surface area contributed by atoms with E-state index in [0.29, 0.717) is 6.42 Å². The number of hydrogen-bond donors (Lipinski definition) is 2. The molecule has 0 aliphatic heterocycles. The van der Waals surface area contributed by atoms with Gasteiger partial charge in [0, 0.05) is 12.6 Å². The average Bonchev–Trinajstić information content (AvgIpc) is 2.28. The largest absolute Gasteiger partial charge is 0.481 e. The van der Waals surface area contributed by atoms with E-state index in [1.165, 1.54) is 0 Å². The molecule has 0 fully saturated rings. The van der Waals surface area contributed by atoms with Crippen molar-refractivity contribution in [3.63, 3.8) is 0 Å². The molecule has 0 heterocycles. The highest BCUT2D eigenvalue weighted by Crippen LogP contribution is 2.31. The lowest BCUT2D eigenvalue weighted by atomic mass is 9.75. The predicted octanol–water partition coefficient (Wildman–Crippen LogP) is 2.68. The number of rotatable bonds is 6. The van der Waals surface area contributed by atoms with E-state index >= 15 is 0 Å². The second-order valence-corrected chi connectivity index (χ2v) is 5.18. The van der Waals surface area contributed by atoms with Crippen LogP contribution in [-0.4, -0.2) is 17.6 Å². The maximum atomic E-state index is 13.3. The van der Waals surface area contributed by atoms with Crippen molar-refractivity contribution >= 4 is 5.97 Å². The maximum Gasteiger partial charge on any atom is 0.315 e. The van der Waals surface area contributed by atoms with Crippen molar-refractivity contribution in [2.75, 3.05) is 6.54 Å². The summed E-state index contributed by atoms with van der Waals surface area (Å²) in [5.74, 6) is -2.46. The van der Waals surface area contributed by atoms with Gasteiger partial charge in [0.15, 0.2) is 0 Å². The lowest BCUT2D eigenvalue weighted by Crippen LogP contribution is -2.43. The minimum absolute atomic E-state index is 0.0839. The zero-order valence-corrected chi connectivity index (χ0v) is 11.1. The third kappa shape index (κ3) is 3.50. The van der Waals surface area contributed by atoms with Crippen molar-refractivity contribution in [2.45, 2.75) is 32.1 Å². The molecule has 3 N–H and O–H groups in total. The monoisotopic (exact) mass is 271 g/mol. The third-order valence-electron chi connectivity index (χ3n) is 3.32. The van der Waals surface area contributed by atoms with Crippen molar-refractivity contribution in [1.82, 2.24) is 0 Å². The predicted molar refractivity (Wildman–Crippen MR) is 68.8 cm³/mol. The normalized spacial score (nSPS) is 14.4. The van der Waals surface area contributed by atoms with E-state index in [2.05, 4.69) is 0 Å². The van der Waals surface area contributed by atoms with Crippen LogP contribution in [0.1, 0.15) is 32.3 Å². The average molecular weight is 271 g/mol. The van der Waals surface area contributed by atoms with Gasteiger partial charge in [0.1, 0.15) is 17.0 Å². The summed E-state index contributed by atoms with van der Waals surface area (Å²) >= 11 is 0. The van der Waals surface area contributed by atoms with Crippen molar-refractivity contribution in [1.29, 1.82) is 0 Å². The van der Waals surface area contributed by atoms with Crippen LogP contribution in [-0.2, 0) is 10.2 Å². The van der Waals surface area contributed by atoms with Gasteiger partial charge in [0.2, 0.25) is 0 Å². The van der Waals surface area contributed by atoms with Gasteiger partial charge >= 0.3 is 5.97 Å². The van der Waals surface area contributed by atoms with Crippen LogP contribution in [0.5, 0.6) is 0 Å². The van der Waals surface area contributed by atoms with E-state index in [9.17, 15) is 18.7 Å². The molecule has 0 aliphatic carbocycles. The van der Waals surface area contributed by atoms with Crippen LogP contribution in [0.15, 0.2) is 18.2 Å². The molecule has 1 atom stereocenters. The van der Waals surface area contributed by atoms with Crippen LogP contribution < -0.4 is 5.73 Å². The molecule has 0 spiro atoms. The first-order valence-electron chi connectivity index (χ1n) is 6.22. The quantitative estimate of drug-likeness (QED) is 0.836. The topological polar surface area (TPSA) is 63.3 Å². The van der Waals surface area contributed by atoms with Crippen molar-refractivity contribution < 1.29 is 18.7 Å². The minimum Gasteiger partial charge on any atom is -0.481 e. The zero-order chi connectivity index (χ0) is 14.6. The number of halogens is 2. The van der Waals surface area contributed by atoms with Gasteiger partial charge in [-0.1, -0.05) is 13.8 Å². The fourth-order valence-electron chi connectivity index (χ4n) is 2.05. The lowest BCUT2D eigenvalue weighted by Gasteiger charge is -2.29. The molecule has 0 saturated carbocycles. The number of carboxylic acids is 1. The zero-order valence-electron chi connectivity index (χ0n) is 11.1. The van der Waals surface area contributed by atoms with Gasteiger partial charge < -0.3 is 10.8 Å². The van der Waals surface area contributed by atoms with Crippen LogP contribution in [0, 0.1) is 17.6 Å². The molecule has 1 unspecified atom stereocenters. The van der Waals surface area contributed by atoms with E-state index in [-0.39, 0.29) is 24.4 Å². The Kier molecular flexibility index (Phi) is 5.00. The van der Waals surface area contributed by atoms with E-state index < -0.39 is 23.0 Å². The highest BCUT2D eigenvalue weighted by Gasteiger charge is 2.39. The van der Waals surface area contributed by atoms with Crippen molar-refractivity contribution in [2.24, 2.45) is 11.7 Å². The molecular formula is C14H19F2NO2. The molecule has 0 saturated heterocycles. The smallest absolute Gasteiger partial charge is 0.315 e. The van der Waals surface area contributed by atoms with Crippen LogP contribution in [0.4, 0.5) is 8.78 Å². The molecule has 0 bridgehead atoms. The standard InChI is InChI=1S/C14H19F2NO2/c1-9(2)3-4-14(8-17,13(18)19)10-5-11(15)7-12(16)6-10/h5-7,9H,3-4,8,17H2,1-2H3,(H,18,19). The molecule has 1 rings (SSSR count). The summed E-state index contributed by atoms with van der Waals surface area (Å²) in [5.41, 5.74) is 4.25. The number of benzene rings is 1. The molecule has 0 radical (unpaired) electrons. The Hall–Kier alpha value is -1.49. The van der Waals surface area contributed by atoms with Gasteiger partial charge in [0.05, 0.1) is 0 Å². The molecule has 0 aromatic heterocycles. The van der Waals surface area contributed by atoms with Gasteiger partial charge in [-0.2, -0.15) is 0 Å². The summed E-state index contributed by atoms with van der Waals surface area (Å²) in [4.78, 5) is 11.6. The Balaban J connectivity index is 3.25. The SMILES string of the molecule is CC(C)CCC(CN)(C(=O)O)c1cc(F)cc(F)c1. The van der Waals surface area contributed by atoms with E-state index in [1.807, 2.05) is 13.8 Å². The Morgan fingerprint density at radius 2 is 1.84 bits per heavy atom. The molecule has 5 heteroatoms. The van der Waals surface area contributed by atoms with Gasteiger partial charge in [-0.05, 0) is 36.5 Å². The number of aliphatic carboxylic acids is 1. The summed E-state index contributed by atoms with van der Waals surface area (Å²) in [7, 11) is 0. The highest BCUT2D eigenvalue weighted by atomic mass is 19.1. The fraction of sp³-hybridized carbons (Fsp3) is 0.500. The summed E-state index contributed by atoms with van der Waals surface area (Å²) in [6.07, 6.45) is 0.862. The van der Waals surface area contributed by atoms with Crippen LogP contribution in [0.25, 0.3) is 0 Å². The molecule has 0 aliphatic rings. The number of carboxylic acid groups (broad SMARTS) is 1. The molecule has 0 amide bonds. The molecule has 19 heavy (non-hydrogen) atoms. The summed E-state index contributed by atoms with van der Waals surface area (Å²) in [5, 5.41) is 9.45. The van der Waals surface area contributed by atoms with E-state index in [0.717, 1.165) is 18.2 Å². The van der Waals surface area contributed by atoms with Gasteiger partial charge in [-0.25, -0.2) is 8.78 Å². The van der Waals surface area contributed by atoms with Crippen molar-refractivity contribution in [3.05, 3.63) is 35.4 Å². The van der Waals surface area contributed by atoms with Crippen LogP contribution in [0.2, 0.25) is 0 Å². The molecular weight excluding hydrogens is 252 g/mol. The molecule has 1 aromatic carbocycles. The van der Waals surface area contributed by atoms with E-state index in [1.54, 1.807) is 0 Å². The number of carbonyl (C=O) groups is 1. The maximum absolute atomic E-state index is 13.3. The van der Waals surface area contributed by atoms with Crippen LogP contribution in [0.3, 0.4) is 0 Å². The fourth-order valence-corrected chi connectivity index (χ4v) is 2.05. The molecule has 1 aromatic rings. The minimum atomic E-state index is -1.44. The first-order chi connectivity index (χ1) is 8.81. The first kappa shape index (κ1) is 15.6. The van der Waals surface area contributed by atoms with Crippen LogP contribution >= 0.6 is 0 Å². The number of hydrogen-bond acceptors (Lipinski definition) is 2. The first-order valence-corrected chi connectivity index (χ1v) is 6.22. The lowest BCUT2D eigenvalue weighted by molar-refractivity contribution is -0.144. The summed E-state index contributed by atoms with van der Waals surface area (Å²) < 4.78 is 26.6. The summed E-state index contributed by atoms with van der Waals surface area (Å²) in [6, 6.07) is 2.81. The summed E-state index contributed by atoms with van der Waals surface area (Å²) in [6.45, 7) is 3.71. The van der Waals surface area contributed by atoms with Crippen molar-refractivity contribution in [3.8, 4) is 0 Å². The Bertz CT molecular complexity index is 443. The Morgan fingerprint density at radius 1 is 1.32 bits per heavy atom. The Labute approximate surface area is 111 Å². The highest BCUT2D eigenvalue weighted by molar-refractivity contribution is 5.81. The van der Waals surface area contributed by atoms with Gasteiger partial charge in [0.25, 0.3) is 0 Å². The third-order valence-corrected chi connectivity index (χ3v) is 3.32. The number of nitrogens with two attached hydrogens (primary N) is 1. The molecule has 106 valence electrons. The Morgan fingerprint density at radius 3 is 2.21 bits per heavy atom. The second-order valence-electron chi connectivity index (χ2n) is 5.18. The van der Waals surface area contributed by atoms with Gasteiger partial charge in [-0.3, -0.25) is 4.79 Å². The second kappa shape index (κ2) is 6.10. The molecule has 3 nitrogen and oxygen atoms in total. The van der Waals surface area contributed by atoms with E-state index in [4.69, 9.17) is 5.73 Å². The van der Waals surface area contributed by atoms with Gasteiger partial charge in [-0.15, -0.1) is 0 Å².